The Morgan fingerprint density at radius 1 is 1.48 bits per heavy atom. The fraction of sp³-hybridized carbons (Fsp3) is 0.438. The molecular weight excluding hydrogens is 332 g/mol. The lowest BCUT2D eigenvalue weighted by atomic mass is 9.65. The maximum absolute atomic E-state index is 12.4. The highest BCUT2D eigenvalue weighted by atomic mass is 79.9. The van der Waals surface area contributed by atoms with Crippen molar-refractivity contribution in [2.75, 3.05) is 7.11 Å². The number of hydrogen-bond acceptors (Lipinski definition) is 4. The maximum Gasteiger partial charge on any atom is 0.179 e. The molecule has 1 atom stereocenters. The number of aromatic nitrogens is 1. The van der Waals surface area contributed by atoms with E-state index in [1.165, 1.54) is 0 Å². The minimum Gasteiger partial charge on any atom is -0.367 e. The quantitative estimate of drug-likeness (QED) is 0.820. The van der Waals surface area contributed by atoms with Crippen LogP contribution < -0.4 is 0 Å². The summed E-state index contributed by atoms with van der Waals surface area (Å²) < 4.78 is 6.62. The average molecular weight is 349 g/mol. The van der Waals surface area contributed by atoms with Gasteiger partial charge in [-0.3, -0.25) is 9.78 Å². The van der Waals surface area contributed by atoms with Crippen LogP contribution in [0.25, 0.3) is 0 Å². The topological polar surface area (TPSA) is 63.0 Å². The molecule has 0 fully saturated rings. The van der Waals surface area contributed by atoms with Crippen molar-refractivity contribution in [1.29, 1.82) is 5.26 Å². The van der Waals surface area contributed by atoms with Crippen molar-refractivity contribution in [3.8, 4) is 6.07 Å². The number of nitrogens with zero attached hydrogens (tertiary/aromatic N) is 2. The largest absolute Gasteiger partial charge is 0.367 e. The number of ketones is 1. The van der Waals surface area contributed by atoms with Gasteiger partial charge in [0.1, 0.15) is 11.7 Å². The Balaban J connectivity index is 2.80. The summed E-state index contributed by atoms with van der Waals surface area (Å²) in [5.41, 5.74) is -0.0691. The van der Waals surface area contributed by atoms with Crippen LogP contribution in [0.5, 0.6) is 0 Å². The molecule has 0 saturated heterocycles. The molecule has 0 amide bonds. The van der Waals surface area contributed by atoms with Gasteiger partial charge in [0.25, 0.3) is 0 Å². The first kappa shape index (κ1) is 15.9. The van der Waals surface area contributed by atoms with Crippen molar-refractivity contribution in [2.24, 2.45) is 5.41 Å². The molecule has 0 spiro atoms. The second kappa shape index (κ2) is 5.36. The zero-order valence-corrected chi connectivity index (χ0v) is 14.1. The molecule has 1 aromatic rings. The highest BCUT2D eigenvalue weighted by Gasteiger charge is 2.51. The molecule has 110 valence electrons. The third kappa shape index (κ3) is 2.33. The molecular formula is C16H17BrN2O2. The van der Waals surface area contributed by atoms with Gasteiger partial charge in [-0.2, -0.15) is 5.26 Å². The number of carbonyl (C=O) groups is 1. The Morgan fingerprint density at radius 2 is 2.14 bits per heavy atom. The van der Waals surface area contributed by atoms with E-state index in [-0.39, 0.29) is 11.4 Å². The van der Waals surface area contributed by atoms with E-state index < -0.39 is 11.0 Å². The maximum atomic E-state index is 12.4. The third-order valence-electron chi connectivity index (χ3n) is 4.11. The average Bonchev–Trinajstić information content (AvgIpc) is 2.45. The predicted octanol–water partition coefficient (Wildman–Crippen LogP) is 3.52. The fourth-order valence-electron chi connectivity index (χ4n) is 2.95. The van der Waals surface area contributed by atoms with E-state index in [1.807, 2.05) is 32.0 Å². The number of halogens is 1. The van der Waals surface area contributed by atoms with Gasteiger partial charge >= 0.3 is 0 Å². The first-order chi connectivity index (χ1) is 9.80. The minimum atomic E-state index is -0.872. The first-order valence-corrected chi connectivity index (χ1v) is 7.42. The molecule has 0 saturated carbocycles. The summed E-state index contributed by atoms with van der Waals surface area (Å²) in [6, 6.07) is 5.74. The molecule has 5 heteroatoms. The number of ether oxygens (including phenoxy) is 1. The van der Waals surface area contributed by atoms with Crippen LogP contribution in [0, 0.1) is 16.7 Å². The standard InChI is InChI=1S/C16H17BrN2O2/c1-10-11(8-18)14(20)15(2,3)9-16(10,21-4)13-12(17)6-5-7-19-13/h5-7H,9H2,1-4H3. The number of allylic oxidation sites excluding steroid dienone is 1. The Kier molecular flexibility index (Phi) is 4.05. The van der Waals surface area contributed by atoms with E-state index in [2.05, 4.69) is 20.9 Å². The lowest BCUT2D eigenvalue weighted by Gasteiger charge is -2.43. The SMILES string of the molecule is COC1(c2ncccc2Br)CC(C)(C)C(=O)C(C#N)=C1C. The summed E-state index contributed by atoms with van der Waals surface area (Å²) in [4.78, 5) is 16.9. The van der Waals surface area contributed by atoms with E-state index in [0.29, 0.717) is 17.7 Å². The summed E-state index contributed by atoms with van der Waals surface area (Å²) >= 11 is 3.50. The highest BCUT2D eigenvalue weighted by Crippen LogP contribution is 2.50. The van der Waals surface area contributed by atoms with Crippen molar-refractivity contribution in [2.45, 2.75) is 32.8 Å². The summed E-state index contributed by atoms with van der Waals surface area (Å²) in [5.74, 6) is -0.137. The Labute approximate surface area is 133 Å². The molecule has 0 aromatic carbocycles. The Bertz CT molecular complexity index is 673. The summed E-state index contributed by atoms with van der Waals surface area (Å²) in [7, 11) is 1.59. The van der Waals surface area contributed by atoms with Gasteiger partial charge in [-0.05, 0) is 47.0 Å². The molecule has 1 heterocycles. The van der Waals surface area contributed by atoms with Crippen LogP contribution >= 0.6 is 15.9 Å². The molecule has 0 bridgehead atoms. The molecule has 21 heavy (non-hydrogen) atoms. The second-order valence-electron chi connectivity index (χ2n) is 5.87. The normalized spacial score (nSPS) is 24.9. The lowest BCUT2D eigenvalue weighted by molar-refractivity contribution is -0.129. The smallest absolute Gasteiger partial charge is 0.179 e. The molecule has 0 aliphatic heterocycles. The molecule has 2 rings (SSSR count). The number of carbonyl (C=O) groups excluding carboxylic acids is 1. The molecule has 1 aliphatic rings. The zero-order valence-electron chi connectivity index (χ0n) is 12.5. The fourth-order valence-corrected chi connectivity index (χ4v) is 3.52. The van der Waals surface area contributed by atoms with Crippen molar-refractivity contribution < 1.29 is 9.53 Å². The van der Waals surface area contributed by atoms with Crippen LogP contribution in [0.15, 0.2) is 33.9 Å². The highest BCUT2D eigenvalue weighted by molar-refractivity contribution is 9.10. The number of methoxy groups -OCH3 is 1. The molecule has 1 aliphatic carbocycles. The van der Waals surface area contributed by atoms with Gasteiger partial charge in [-0.1, -0.05) is 13.8 Å². The van der Waals surface area contributed by atoms with Crippen molar-refractivity contribution in [3.63, 3.8) is 0 Å². The van der Waals surface area contributed by atoms with Crippen molar-refractivity contribution in [1.82, 2.24) is 4.98 Å². The van der Waals surface area contributed by atoms with E-state index in [9.17, 15) is 10.1 Å². The van der Waals surface area contributed by atoms with Gasteiger partial charge in [-0.15, -0.1) is 0 Å². The summed E-state index contributed by atoms with van der Waals surface area (Å²) in [6.45, 7) is 5.45. The molecule has 0 N–H and O–H groups in total. The number of Topliss-reactive ketones (excluding diaryl/α,β-unsaturated/α-hetero) is 1. The van der Waals surface area contributed by atoms with Gasteiger partial charge in [0.2, 0.25) is 0 Å². The van der Waals surface area contributed by atoms with E-state index in [0.717, 1.165) is 4.47 Å². The van der Waals surface area contributed by atoms with Gasteiger partial charge in [-0.25, -0.2) is 0 Å². The van der Waals surface area contributed by atoms with Crippen LogP contribution in [-0.2, 0) is 15.1 Å². The van der Waals surface area contributed by atoms with Crippen LogP contribution in [0.2, 0.25) is 0 Å². The molecule has 1 unspecified atom stereocenters. The molecule has 0 radical (unpaired) electrons. The molecule has 1 aromatic heterocycles. The van der Waals surface area contributed by atoms with Crippen molar-refractivity contribution >= 4 is 21.7 Å². The monoisotopic (exact) mass is 348 g/mol. The van der Waals surface area contributed by atoms with Gasteiger partial charge in [0.05, 0.1) is 11.3 Å². The van der Waals surface area contributed by atoms with Gasteiger partial charge < -0.3 is 4.74 Å². The molecule has 4 nitrogen and oxygen atoms in total. The predicted molar refractivity (Wildman–Crippen MR) is 82.3 cm³/mol. The Morgan fingerprint density at radius 3 is 2.67 bits per heavy atom. The number of hydrogen-bond donors (Lipinski definition) is 0. The summed E-state index contributed by atoms with van der Waals surface area (Å²) in [5, 5.41) is 9.39. The zero-order chi connectivity index (χ0) is 15.8. The van der Waals surface area contributed by atoms with Crippen LogP contribution in [0.3, 0.4) is 0 Å². The number of pyridine rings is 1. The second-order valence-corrected chi connectivity index (χ2v) is 6.72. The minimum absolute atomic E-state index is 0.137. The first-order valence-electron chi connectivity index (χ1n) is 6.62. The van der Waals surface area contributed by atoms with Gasteiger partial charge in [0.15, 0.2) is 5.78 Å². The third-order valence-corrected chi connectivity index (χ3v) is 4.75. The summed E-state index contributed by atoms with van der Waals surface area (Å²) in [6.07, 6.45) is 2.13. The van der Waals surface area contributed by atoms with E-state index in [1.54, 1.807) is 20.2 Å². The van der Waals surface area contributed by atoms with E-state index >= 15 is 0 Å². The van der Waals surface area contributed by atoms with Crippen LogP contribution in [0.4, 0.5) is 0 Å². The number of nitriles is 1. The van der Waals surface area contributed by atoms with E-state index in [4.69, 9.17) is 4.74 Å². The Hall–Kier alpha value is -1.51. The van der Waals surface area contributed by atoms with Gasteiger partial charge in [0, 0.05) is 23.2 Å². The van der Waals surface area contributed by atoms with Crippen molar-refractivity contribution in [3.05, 3.63) is 39.6 Å². The number of rotatable bonds is 2. The lowest BCUT2D eigenvalue weighted by Crippen LogP contribution is -2.45. The van der Waals surface area contributed by atoms with Crippen LogP contribution in [0.1, 0.15) is 32.9 Å². The van der Waals surface area contributed by atoms with Crippen LogP contribution in [-0.4, -0.2) is 17.9 Å².